The zero-order chi connectivity index (χ0) is 19.1. The van der Waals surface area contributed by atoms with Gasteiger partial charge in [-0.1, -0.05) is 12.1 Å². The summed E-state index contributed by atoms with van der Waals surface area (Å²) in [6, 6.07) is 5.84. The van der Waals surface area contributed by atoms with Gasteiger partial charge in [0.25, 0.3) is 0 Å². The van der Waals surface area contributed by atoms with Crippen LogP contribution in [0.3, 0.4) is 0 Å². The van der Waals surface area contributed by atoms with E-state index in [0.29, 0.717) is 0 Å². The summed E-state index contributed by atoms with van der Waals surface area (Å²) in [4.78, 5) is 16.0. The Hall–Kier alpha value is -2.84. The maximum atomic E-state index is 13.3. The van der Waals surface area contributed by atoms with E-state index < -0.39 is 24.5 Å². The average Bonchev–Trinajstić information content (AvgIpc) is 3.09. The molecule has 3 rings (SSSR count). The third-order valence-corrected chi connectivity index (χ3v) is 4.33. The summed E-state index contributed by atoms with van der Waals surface area (Å²) >= 11 is 0. The highest BCUT2D eigenvalue weighted by Crippen LogP contribution is 2.31. The molecule has 0 bridgehead atoms. The Bertz CT molecular complexity index is 957. The largest absolute Gasteiger partial charge is 0.449 e. The van der Waals surface area contributed by atoms with Crippen LogP contribution >= 0.6 is 0 Å². The molecule has 0 radical (unpaired) electrons. The van der Waals surface area contributed by atoms with E-state index in [0.717, 1.165) is 15.8 Å². The molecule has 0 saturated heterocycles. The molecule has 0 saturated carbocycles. The molecule has 26 heavy (non-hydrogen) atoms. The van der Waals surface area contributed by atoms with Crippen LogP contribution in [0.1, 0.15) is 30.0 Å². The number of amides is 1. The van der Waals surface area contributed by atoms with E-state index in [1.807, 2.05) is 6.92 Å². The van der Waals surface area contributed by atoms with Crippen LogP contribution in [0, 0.1) is 6.92 Å². The van der Waals surface area contributed by atoms with Crippen LogP contribution in [0.5, 0.6) is 0 Å². The molecule has 3 aromatic rings. The fourth-order valence-electron chi connectivity index (χ4n) is 2.90. The maximum Gasteiger partial charge on any atom is 0.449 e. The fraction of sp³-hybridized carbons (Fsp3) is 0.353. The number of nitrogens with zero attached hydrogens (tertiary/aromatic N) is 4. The SMILES string of the molecule is Cc1c([C@@H](C)NC(=O)Cn2c(C(F)(F)F)nc3ccccc32)cnn1C. The molecule has 0 aliphatic rings. The number of aryl methyl sites for hydroxylation is 1. The van der Waals surface area contributed by atoms with Gasteiger partial charge in [-0.05, 0) is 26.0 Å². The number of hydrogen-bond acceptors (Lipinski definition) is 3. The predicted octanol–water partition coefficient (Wildman–Crippen LogP) is 2.97. The van der Waals surface area contributed by atoms with E-state index in [-0.39, 0.29) is 17.1 Å². The zero-order valence-electron chi connectivity index (χ0n) is 14.5. The normalized spacial score (nSPS) is 13.2. The number of benzene rings is 1. The Morgan fingerprint density at radius 1 is 1.31 bits per heavy atom. The number of carbonyl (C=O) groups excluding carboxylic acids is 1. The first-order valence-corrected chi connectivity index (χ1v) is 7.99. The Labute approximate surface area is 147 Å². The van der Waals surface area contributed by atoms with Gasteiger partial charge in [0.15, 0.2) is 0 Å². The molecule has 0 fully saturated rings. The number of rotatable bonds is 4. The van der Waals surface area contributed by atoms with Crippen molar-refractivity contribution in [1.29, 1.82) is 0 Å². The number of hydrogen-bond donors (Lipinski definition) is 1. The Kier molecular flexibility index (Phi) is 4.47. The van der Waals surface area contributed by atoms with Gasteiger partial charge < -0.3 is 9.88 Å². The molecule has 0 aliphatic heterocycles. The van der Waals surface area contributed by atoms with Crippen molar-refractivity contribution in [2.45, 2.75) is 32.6 Å². The molecule has 138 valence electrons. The van der Waals surface area contributed by atoms with Crippen molar-refractivity contribution in [3.63, 3.8) is 0 Å². The van der Waals surface area contributed by atoms with Crippen LogP contribution in [0.2, 0.25) is 0 Å². The highest BCUT2D eigenvalue weighted by molar-refractivity contribution is 5.81. The highest BCUT2D eigenvalue weighted by atomic mass is 19.4. The first kappa shape index (κ1) is 18.0. The summed E-state index contributed by atoms with van der Waals surface area (Å²) in [6.07, 6.45) is -3.01. The van der Waals surface area contributed by atoms with Crippen molar-refractivity contribution in [1.82, 2.24) is 24.6 Å². The second kappa shape index (κ2) is 6.47. The molecule has 1 amide bonds. The van der Waals surface area contributed by atoms with Crippen LogP contribution in [-0.2, 0) is 24.6 Å². The van der Waals surface area contributed by atoms with Crippen molar-refractivity contribution in [3.8, 4) is 0 Å². The third kappa shape index (κ3) is 3.29. The summed E-state index contributed by atoms with van der Waals surface area (Å²) in [5.74, 6) is -1.62. The second-order valence-electron chi connectivity index (χ2n) is 6.11. The lowest BCUT2D eigenvalue weighted by Crippen LogP contribution is -2.31. The smallest absolute Gasteiger partial charge is 0.348 e. The van der Waals surface area contributed by atoms with E-state index in [4.69, 9.17) is 0 Å². The van der Waals surface area contributed by atoms with E-state index in [9.17, 15) is 18.0 Å². The minimum absolute atomic E-state index is 0.198. The number of alkyl halides is 3. The van der Waals surface area contributed by atoms with Crippen LogP contribution in [0.4, 0.5) is 13.2 Å². The molecule has 2 aromatic heterocycles. The van der Waals surface area contributed by atoms with Gasteiger partial charge in [0.1, 0.15) is 6.54 Å². The number of fused-ring (bicyclic) bond motifs is 1. The predicted molar refractivity (Wildman–Crippen MR) is 89.2 cm³/mol. The summed E-state index contributed by atoms with van der Waals surface area (Å²) < 4.78 is 42.4. The molecule has 1 aromatic carbocycles. The van der Waals surface area contributed by atoms with Gasteiger partial charge in [-0.3, -0.25) is 9.48 Å². The van der Waals surface area contributed by atoms with E-state index in [1.54, 1.807) is 37.0 Å². The number of nitrogens with one attached hydrogen (secondary N) is 1. The van der Waals surface area contributed by atoms with Gasteiger partial charge in [0.2, 0.25) is 11.7 Å². The molecule has 1 N–H and O–H groups in total. The van der Waals surface area contributed by atoms with Crippen molar-refractivity contribution in [2.75, 3.05) is 0 Å². The van der Waals surface area contributed by atoms with Gasteiger partial charge >= 0.3 is 6.18 Å². The average molecular weight is 365 g/mol. The Balaban J connectivity index is 1.86. The molecule has 2 heterocycles. The van der Waals surface area contributed by atoms with Gasteiger partial charge in [-0.2, -0.15) is 18.3 Å². The lowest BCUT2D eigenvalue weighted by atomic mass is 10.1. The molecule has 0 aliphatic carbocycles. The summed E-state index contributed by atoms with van der Waals surface area (Å²) in [5, 5.41) is 6.83. The minimum atomic E-state index is -4.65. The second-order valence-corrected chi connectivity index (χ2v) is 6.11. The standard InChI is InChI=1S/C17H18F3N5O/c1-10(12-8-21-24(3)11(12)2)22-15(26)9-25-14-7-5-4-6-13(14)23-16(25)17(18,19)20/h4-8,10H,9H2,1-3H3,(H,22,26)/t10-/m1/s1. The molecular formula is C17H18F3N5O. The molecule has 9 heteroatoms. The Morgan fingerprint density at radius 3 is 2.62 bits per heavy atom. The number of imidazole rings is 1. The monoisotopic (exact) mass is 365 g/mol. The molecule has 1 atom stereocenters. The summed E-state index contributed by atoms with van der Waals surface area (Å²) in [6.45, 7) is 3.15. The first-order valence-electron chi connectivity index (χ1n) is 7.99. The van der Waals surface area contributed by atoms with Crippen molar-refractivity contribution in [2.24, 2.45) is 7.05 Å². The number of halogens is 3. The molecule has 6 nitrogen and oxygen atoms in total. The molecular weight excluding hydrogens is 347 g/mol. The van der Waals surface area contributed by atoms with Gasteiger partial charge in [-0.15, -0.1) is 0 Å². The van der Waals surface area contributed by atoms with Crippen LogP contribution in [-0.4, -0.2) is 25.2 Å². The maximum absolute atomic E-state index is 13.3. The van der Waals surface area contributed by atoms with E-state index in [2.05, 4.69) is 15.4 Å². The number of para-hydroxylation sites is 2. The van der Waals surface area contributed by atoms with Crippen molar-refractivity contribution < 1.29 is 18.0 Å². The van der Waals surface area contributed by atoms with E-state index >= 15 is 0 Å². The first-order chi connectivity index (χ1) is 12.2. The highest BCUT2D eigenvalue weighted by Gasteiger charge is 2.38. The van der Waals surface area contributed by atoms with Crippen LogP contribution in [0.15, 0.2) is 30.5 Å². The third-order valence-electron chi connectivity index (χ3n) is 4.33. The fourth-order valence-corrected chi connectivity index (χ4v) is 2.90. The van der Waals surface area contributed by atoms with Gasteiger partial charge in [0, 0.05) is 18.3 Å². The van der Waals surface area contributed by atoms with Gasteiger partial charge in [0.05, 0.1) is 23.3 Å². The quantitative estimate of drug-likeness (QED) is 0.773. The lowest BCUT2D eigenvalue weighted by molar-refractivity contribution is -0.147. The minimum Gasteiger partial charge on any atom is -0.348 e. The van der Waals surface area contributed by atoms with Crippen molar-refractivity contribution >= 4 is 16.9 Å². The molecule has 0 unspecified atom stereocenters. The lowest BCUT2D eigenvalue weighted by Gasteiger charge is -2.16. The van der Waals surface area contributed by atoms with Crippen molar-refractivity contribution in [3.05, 3.63) is 47.5 Å². The Morgan fingerprint density at radius 2 is 2.00 bits per heavy atom. The van der Waals surface area contributed by atoms with Crippen LogP contribution < -0.4 is 5.32 Å². The summed E-state index contributed by atoms with van der Waals surface area (Å²) in [7, 11) is 1.78. The number of aromatic nitrogens is 4. The number of carbonyl (C=O) groups is 1. The zero-order valence-corrected chi connectivity index (χ0v) is 14.5. The van der Waals surface area contributed by atoms with Crippen LogP contribution in [0.25, 0.3) is 11.0 Å². The summed E-state index contributed by atoms with van der Waals surface area (Å²) in [5.41, 5.74) is 2.15. The molecule has 0 spiro atoms. The van der Waals surface area contributed by atoms with E-state index in [1.165, 1.54) is 12.1 Å². The topological polar surface area (TPSA) is 64.7 Å². The van der Waals surface area contributed by atoms with Gasteiger partial charge in [-0.25, -0.2) is 4.98 Å².